The molecule has 6 heavy (non-hydrogen) atoms. The van der Waals surface area contributed by atoms with Gasteiger partial charge in [0.15, 0.2) is 0 Å². The van der Waals surface area contributed by atoms with E-state index in [9.17, 15) is 0 Å². The van der Waals surface area contributed by atoms with Gasteiger partial charge < -0.3 is 15.7 Å². The number of aliphatic hydroxyl groups excluding tert-OH is 1. The molecule has 0 aromatic carbocycles. The molecule has 0 bridgehead atoms. The number of rotatable bonds is 0. The van der Waals surface area contributed by atoms with Gasteiger partial charge in [0.25, 0.3) is 0 Å². The lowest BCUT2D eigenvalue weighted by molar-refractivity contribution is 0.143. The predicted molar refractivity (Wildman–Crippen MR) is 21.4 cm³/mol. The maximum absolute atomic E-state index is 8.44. The van der Waals surface area contributed by atoms with Gasteiger partial charge in [0.05, 0.1) is 0 Å². The first-order chi connectivity index (χ1) is 2.89. The van der Waals surface area contributed by atoms with Crippen LogP contribution >= 0.6 is 0 Å². The van der Waals surface area contributed by atoms with Crippen molar-refractivity contribution in [2.45, 2.75) is 6.35 Å². The molecule has 3 nitrogen and oxygen atoms in total. The smallest absolute Gasteiger partial charge is 0.202 e. The van der Waals surface area contributed by atoms with Crippen LogP contribution in [0.2, 0.25) is 0 Å². The molecule has 1 heterocycles. The Morgan fingerprint density at radius 1 is 1.33 bits per heavy atom. The van der Waals surface area contributed by atoms with E-state index in [1.54, 1.807) is 12.4 Å². The zero-order valence-electron chi connectivity index (χ0n) is 3.18. The van der Waals surface area contributed by atoms with E-state index in [0.717, 1.165) is 0 Å². The van der Waals surface area contributed by atoms with Gasteiger partial charge in [0.2, 0.25) is 6.35 Å². The molecule has 3 N–H and O–H groups in total. The van der Waals surface area contributed by atoms with Crippen molar-refractivity contribution < 1.29 is 5.11 Å². The summed E-state index contributed by atoms with van der Waals surface area (Å²) in [7, 11) is 0. The Morgan fingerprint density at radius 2 is 1.83 bits per heavy atom. The van der Waals surface area contributed by atoms with Crippen LogP contribution in [0.3, 0.4) is 0 Å². The van der Waals surface area contributed by atoms with E-state index in [1.165, 1.54) is 0 Å². The predicted octanol–water partition coefficient (Wildman–Crippen LogP) is -1.07. The molecule has 3 heteroatoms. The minimum atomic E-state index is -0.565. The van der Waals surface area contributed by atoms with E-state index in [2.05, 4.69) is 10.6 Å². The van der Waals surface area contributed by atoms with Crippen LogP contribution in [-0.4, -0.2) is 11.5 Å². The summed E-state index contributed by atoms with van der Waals surface area (Å²) in [6.07, 6.45) is 2.72. The van der Waals surface area contributed by atoms with Gasteiger partial charge in [0.1, 0.15) is 0 Å². The quantitative estimate of drug-likeness (QED) is 0.351. The summed E-state index contributed by atoms with van der Waals surface area (Å²) in [4.78, 5) is 0. The molecule has 0 saturated carbocycles. The topological polar surface area (TPSA) is 44.3 Å². The normalized spacial score (nSPS) is 20.2. The standard InChI is InChI=1S/C3H6N2O/c6-3-4-1-2-5-3/h1-6H. The first-order valence-electron chi connectivity index (χ1n) is 1.75. The van der Waals surface area contributed by atoms with Crippen molar-refractivity contribution in [3.63, 3.8) is 0 Å². The van der Waals surface area contributed by atoms with E-state index < -0.39 is 6.35 Å². The molecule has 0 amide bonds. The lowest BCUT2D eigenvalue weighted by Crippen LogP contribution is -2.29. The Kier molecular flexibility index (Phi) is 0.686. The van der Waals surface area contributed by atoms with Gasteiger partial charge in [-0.05, 0) is 0 Å². The van der Waals surface area contributed by atoms with Crippen LogP contribution < -0.4 is 10.6 Å². The number of nitrogens with one attached hydrogen (secondary N) is 2. The van der Waals surface area contributed by atoms with E-state index in [4.69, 9.17) is 5.11 Å². The highest BCUT2D eigenvalue weighted by molar-refractivity contribution is 4.85. The fourth-order valence-electron chi connectivity index (χ4n) is 0.327. The van der Waals surface area contributed by atoms with E-state index in [-0.39, 0.29) is 0 Å². The molecule has 1 aliphatic heterocycles. The minimum absolute atomic E-state index is 0.565. The third-order valence-corrected chi connectivity index (χ3v) is 0.592. The summed E-state index contributed by atoms with van der Waals surface area (Å²) < 4.78 is 0. The molecule has 0 unspecified atom stereocenters. The zero-order valence-corrected chi connectivity index (χ0v) is 3.18. The molecule has 0 saturated heterocycles. The van der Waals surface area contributed by atoms with E-state index in [0.29, 0.717) is 0 Å². The Hall–Kier alpha value is -0.700. The molecule has 0 aliphatic carbocycles. The van der Waals surface area contributed by atoms with Crippen molar-refractivity contribution in [2.75, 3.05) is 0 Å². The average Bonchev–Trinajstić information content (AvgIpc) is 1.86. The van der Waals surface area contributed by atoms with Gasteiger partial charge in [-0.25, -0.2) is 0 Å². The second kappa shape index (κ2) is 1.18. The summed E-state index contributed by atoms with van der Waals surface area (Å²) in [6, 6.07) is 0. The van der Waals surface area contributed by atoms with Crippen LogP contribution in [0.5, 0.6) is 0 Å². The number of aliphatic hydroxyl groups is 1. The molecular formula is C3H6N2O. The highest BCUT2D eigenvalue weighted by Gasteiger charge is 1.97. The fourth-order valence-corrected chi connectivity index (χ4v) is 0.327. The summed E-state index contributed by atoms with van der Waals surface area (Å²) >= 11 is 0. The van der Waals surface area contributed by atoms with Gasteiger partial charge >= 0.3 is 0 Å². The summed E-state index contributed by atoms with van der Waals surface area (Å²) in [5, 5.41) is 13.6. The molecule has 1 aliphatic rings. The van der Waals surface area contributed by atoms with Crippen molar-refractivity contribution in [1.82, 2.24) is 10.6 Å². The van der Waals surface area contributed by atoms with Crippen LogP contribution in [-0.2, 0) is 0 Å². The van der Waals surface area contributed by atoms with Crippen molar-refractivity contribution in [3.05, 3.63) is 12.4 Å². The molecule has 0 radical (unpaired) electrons. The fraction of sp³-hybridized carbons (Fsp3) is 0.333. The van der Waals surface area contributed by atoms with E-state index >= 15 is 0 Å². The Morgan fingerprint density at radius 3 is 2.00 bits per heavy atom. The van der Waals surface area contributed by atoms with Crippen LogP contribution in [0.15, 0.2) is 12.4 Å². The van der Waals surface area contributed by atoms with Gasteiger partial charge in [0, 0.05) is 12.4 Å². The van der Waals surface area contributed by atoms with Gasteiger partial charge in [-0.2, -0.15) is 0 Å². The molecule has 0 spiro atoms. The maximum Gasteiger partial charge on any atom is 0.202 e. The summed E-state index contributed by atoms with van der Waals surface area (Å²) in [5.41, 5.74) is 0. The summed E-state index contributed by atoms with van der Waals surface area (Å²) in [5.74, 6) is 0. The number of hydrogen-bond acceptors (Lipinski definition) is 3. The average molecular weight is 86.1 g/mol. The Labute approximate surface area is 35.7 Å². The molecule has 0 aromatic rings. The maximum atomic E-state index is 8.44. The third kappa shape index (κ3) is 0.440. The lowest BCUT2D eigenvalue weighted by Gasteiger charge is -1.99. The largest absolute Gasteiger partial charge is 0.357 e. The van der Waals surface area contributed by atoms with Gasteiger partial charge in [-0.1, -0.05) is 0 Å². The van der Waals surface area contributed by atoms with Gasteiger partial charge in [-0.3, -0.25) is 0 Å². The first-order valence-corrected chi connectivity index (χ1v) is 1.75. The van der Waals surface area contributed by atoms with Crippen molar-refractivity contribution in [1.29, 1.82) is 0 Å². The SMILES string of the molecule is OC1NC=CN1. The molecule has 34 valence electrons. The highest BCUT2D eigenvalue weighted by Crippen LogP contribution is 1.76. The van der Waals surface area contributed by atoms with Crippen LogP contribution in [0.25, 0.3) is 0 Å². The Bertz CT molecular complexity index is 63.2. The second-order valence-electron chi connectivity index (χ2n) is 1.07. The number of hydrogen-bond donors (Lipinski definition) is 3. The van der Waals surface area contributed by atoms with Crippen molar-refractivity contribution in [2.24, 2.45) is 0 Å². The lowest BCUT2D eigenvalue weighted by atomic mass is 11.0. The molecule has 0 atom stereocenters. The summed E-state index contributed by atoms with van der Waals surface area (Å²) in [6.45, 7) is 0. The molecular weight excluding hydrogens is 80.0 g/mol. The molecule has 0 aromatic heterocycles. The van der Waals surface area contributed by atoms with Gasteiger partial charge in [-0.15, -0.1) is 0 Å². The Balaban J connectivity index is 2.32. The zero-order chi connectivity index (χ0) is 4.41. The highest BCUT2D eigenvalue weighted by atomic mass is 16.3. The second-order valence-corrected chi connectivity index (χ2v) is 1.07. The first kappa shape index (κ1) is 3.49. The monoisotopic (exact) mass is 86.0 g/mol. The van der Waals surface area contributed by atoms with Crippen LogP contribution in [0, 0.1) is 0 Å². The minimum Gasteiger partial charge on any atom is -0.357 e. The van der Waals surface area contributed by atoms with Crippen molar-refractivity contribution >= 4 is 0 Å². The third-order valence-electron chi connectivity index (χ3n) is 0.592. The molecule has 0 fully saturated rings. The van der Waals surface area contributed by atoms with Crippen LogP contribution in [0.4, 0.5) is 0 Å². The van der Waals surface area contributed by atoms with Crippen LogP contribution in [0.1, 0.15) is 0 Å². The van der Waals surface area contributed by atoms with Crippen molar-refractivity contribution in [3.8, 4) is 0 Å². The molecule has 1 rings (SSSR count). The van der Waals surface area contributed by atoms with E-state index in [1.807, 2.05) is 0 Å².